The van der Waals surface area contributed by atoms with E-state index in [4.69, 9.17) is 21.9 Å². The Morgan fingerprint density at radius 1 is 1.58 bits per heavy atom. The number of nitrogens with two attached hydrogens (primary N) is 1. The highest BCUT2D eigenvalue weighted by Crippen LogP contribution is 2.15. The van der Waals surface area contributed by atoms with Crippen LogP contribution in [0.1, 0.15) is 22.1 Å². The van der Waals surface area contributed by atoms with Crippen molar-refractivity contribution in [1.29, 1.82) is 0 Å². The zero-order valence-electron chi connectivity index (χ0n) is 10.2. The van der Waals surface area contributed by atoms with Crippen LogP contribution in [0.4, 0.5) is 5.69 Å². The van der Waals surface area contributed by atoms with E-state index in [-0.39, 0.29) is 16.6 Å². The van der Waals surface area contributed by atoms with E-state index in [0.29, 0.717) is 30.4 Å². The lowest BCUT2D eigenvalue weighted by atomic mass is 10.2. The van der Waals surface area contributed by atoms with Crippen LogP contribution in [0.2, 0.25) is 5.15 Å². The standard InChI is InChI=1S/C11H12ClN5O2/c1-6-16-9(19-17-6)2-3-14-11(18)8-4-7(13)5-15-10(8)12/h4-5H,2-3,13H2,1H3,(H,14,18). The van der Waals surface area contributed by atoms with Crippen LogP contribution in [0.15, 0.2) is 16.8 Å². The molecule has 2 aromatic rings. The van der Waals surface area contributed by atoms with Gasteiger partial charge in [-0.3, -0.25) is 4.79 Å². The molecule has 0 saturated heterocycles. The van der Waals surface area contributed by atoms with Crippen LogP contribution >= 0.6 is 11.6 Å². The summed E-state index contributed by atoms with van der Waals surface area (Å²) < 4.78 is 4.92. The molecule has 8 heteroatoms. The van der Waals surface area contributed by atoms with E-state index in [0.717, 1.165) is 0 Å². The molecule has 0 bridgehead atoms. The van der Waals surface area contributed by atoms with Gasteiger partial charge in [-0.25, -0.2) is 4.98 Å². The molecule has 0 spiro atoms. The number of rotatable bonds is 4. The Bertz CT molecular complexity index is 599. The fraction of sp³-hybridized carbons (Fsp3) is 0.273. The molecule has 3 N–H and O–H groups in total. The maximum absolute atomic E-state index is 11.9. The van der Waals surface area contributed by atoms with Crippen LogP contribution in [0.3, 0.4) is 0 Å². The highest BCUT2D eigenvalue weighted by atomic mass is 35.5. The molecule has 0 fully saturated rings. The van der Waals surface area contributed by atoms with E-state index < -0.39 is 0 Å². The second-order valence-electron chi connectivity index (χ2n) is 3.85. The van der Waals surface area contributed by atoms with Crippen molar-refractivity contribution < 1.29 is 9.32 Å². The Kier molecular flexibility index (Phi) is 3.96. The van der Waals surface area contributed by atoms with Gasteiger partial charge in [-0.1, -0.05) is 16.8 Å². The zero-order chi connectivity index (χ0) is 13.8. The number of aromatic nitrogens is 3. The molecule has 2 rings (SSSR count). The lowest BCUT2D eigenvalue weighted by molar-refractivity contribution is 0.0953. The number of halogens is 1. The van der Waals surface area contributed by atoms with Crippen molar-refractivity contribution in [1.82, 2.24) is 20.4 Å². The third-order valence-electron chi connectivity index (χ3n) is 2.30. The molecule has 7 nitrogen and oxygen atoms in total. The van der Waals surface area contributed by atoms with E-state index in [1.54, 1.807) is 6.92 Å². The van der Waals surface area contributed by atoms with E-state index in [9.17, 15) is 4.79 Å². The van der Waals surface area contributed by atoms with Crippen LogP contribution in [-0.2, 0) is 6.42 Å². The minimum atomic E-state index is -0.346. The topological polar surface area (TPSA) is 107 Å². The van der Waals surface area contributed by atoms with Gasteiger partial charge in [0.05, 0.1) is 17.4 Å². The van der Waals surface area contributed by atoms with Crippen LogP contribution in [-0.4, -0.2) is 27.6 Å². The molecule has 0 aliphatic heterocycles. The number of amides is 1. The Morgan fingerprint density at radius 3 is 3.05 bits per heavy atom. The lowest BCUT2D eigenvalue weighted by Crippen LogP contribution is -2.26. The van der Waals surface area contributed by atoms with E-state index in [1.807, 2.05) is 0 Å². The summed E-state index contributed by atoms with van der Waals surface area (Å²) in [5, 5.41) is 6.44. The van der Waals surface area contributed by atoms with Crippen molar-refractivity contribution in [3.8, 4) is 0 Å². The minimum Gasteiger partial charge on any atom is -0.397 e. The highest BCUT2D eigenvalue weighted by Gasteiger charge is 2.12. The summed E-state index contributed by atoms with van der Waals surface area (Å²) >= 11 is 5.82. The van der Waals surface area contributed by atoms with Crippen molar-refractivity contribution >= 4 is 23.2 Å². The Balaban J connectivity index is 1.92. The second-order valence-corrected chi connectivity index (χ2v) is 4.21. The maximum Gasteiger partial charge on any atom is 0.254 e. The van der Waals surface area contributed by atoms with E-state index >= 15 is 0 Å². The largest absolute Gasteiger partial charge is 0.397 e. The number of hydrogen-bond acceptors (Lipinski definition) is 6. The molecule has 0 unspecified atom stereocenters. The molecule has 0 aliphatic rings. The first-order chi connectivity index (χ1) is 9.06. The molecule has 0 saturated carbocycles. The van der Waals surface area contributed by atoms with Gasteiger partial charge in [0.25, 0.3) is 5.91 Å². The Labute approximate surface area is 114 Å². The van der Waals surface area contributed by atoms with Gasteiger partial charge in [0, 0.05) is 13.0 Å². The number of carbonyl (C=O) groups is 1. The monoisotopic (exact) mass is 281 g/mol. The molecular formula is C11H12ClN5O2. The fourth-order valence-electron chi connectivity index (χ4n) is 1.44. The van der Waals surface area contributed by atoms with Crippen LogP contribution < -0.4 is 11.1 Å². The molecule has 100 valence electrons. The molecule has 0 aromatic carbocycles. The predicted octanol–water partition coefficient (Wildman–Crippen LogP) is 0.981. The van der Waals surface area contributed by atoms with Gasteiger partial charge in [-0.05, 0) is 13.0 Å². The minimum absolute atomic E-state index is 0.111. The first kappa shape index (κ1) is 13.3. The SMILES string of the molecule is Cc1noc(CCNC(=O)c2cc(N)cnc2Cl)n1. The normalized spacial score (nSPS) is 10.4. The zero-order valence-corrected chi connectivity index (χ0v) is 10.9. The van der Waals surface area contributed by atoms with Gasteiger partial charge in [0.2, 0.25) is 5.89 Å². The molecule has 0 aliphatic carbocycles. The van der Waals surface area contributed by atoms with Crippen LogP contribution in [0, 0.1) is 6.92 Å². The smallest absolute Gasteiger partial charge is 0.254 e. The molecule has 2 heterocycles. The summed E-state index contributed by atoms with van der Waals surface area (Å²) in [7, 11) is 0. The molecule has 19 heavy (non-hydrogen) atoms. The second kappa shape index (κ2) is 5.66. The van der Waals surface area contributed by atoms with Crippen molar-refractivity contribution in [3.63, 3.8) is 0 Å². The number of aryl methyl sites for hydroxylation is 1. The molecule has 0 atom stereocenters. The summed E-state index contributed by atoms with van der Waals surface area (Å²) in [5.41, 5.74) is 6.17. The number of nitrogens with one attached hydrogen (secondary N) is 1. The number of nitrogens with zero attached hydrogens (tertiary/aromatic N) is 3. The van der Waals surface area contributed by atoms with E-state index in [2.05, 4.69) is 20.4 Å². The third kappa shape index (κ3) is 3.41. The number of anilines is 1. The predicted molar refractivity (Wildman–Crippen MR) is 68.7 cm³/mol. The van der Waals surface area contributed by atoms with Crippen molar-refractivity contribution in [2.75, 3.05) is 12.3 Å². The summed E-state index contributed by atoms with van der Waals surface area (Å²) in [6, 6.07) is 1.47. The Hall–Kier alpha value is -2.15. The first-order valence-corrected chi connectivity index (χ1v) is 5.92. The summed E-state index contributed by atoms with van der Waals surface area (Å²) in [4.78, 5) is 19.7. The van der Waals surface area contributed by atoms with Gasteiger partial charge in [-0.15, -0.1) is 0 Å². The maximum atomic E-state index is 11.9. The molecular weight excluding hydrogens is 270 g/mol. The Morgan fingerprint density at radius 2 is 2.37 bits per heavy atom. The molecule has 1 amide bonds. The number of nitrogen functional groups attached to an aromatic ring is 1. The van der Waals surface area contributed by atoms with Crippen LogP contribution in [0.5, 0.6) is 0 Å². The number of carbonyl (C=O) groups excluding carboxylic acids is 1. The van der Waals surface area contributed by atoms with Gasteiger partial charge < -0.3 is 15.6 Å². The van der Waals surface area contributed by atoms with Gasteiger partial charge in [0.1, 0.15) is 5.15 Å². The van der Waals surface area contributed by atoms with Crippen molar-refractivity contribution in [2.24, 2.45) is 0 Å². The van der Waals surface area contributed by atoms with Gasteiger partial charge in [-0.2, -0.15) is 4.98 Å². The first-order valence-electron chi connectivity index (χ1n) is 5.54. The average molecular weight is 282 g/mol. The fourth-order valence-corrected chi connectivity index (χ4v) is 1.63. The third-order valence-corrected chi connectivity index (χ3v) is 2.60. The molecule has 0 radical (unpaired) electrons. The number of pyridine rings is 1. The lowest BCUT2D eigenvalue weighted by Gasteiger charge is -2.05. The summed E-state index contributed by atoms with van der Waals surface area (Å²) in [6.45, 7) is 2.08. The number of hydrogen-bond donors (Lipinski definition) is 2. The van der Waals surface area contributed by atoms with Crippen molar-refractivity contribution in [3.05, 3.63) is 34.7 Å². The quantitative estimate of drug-likeness (QED) is 0.809. The van der Waals surface area contributed by atoms with Gasteiger partial charge in [0.15, 0.2) is 5.82 Å². The average Bonchev–Trinajstić information content (AvgIpc) is 2.78. The van der Waals surface area contributed by atoms with Gasteiger partial charge >= 0.3 is 0 Å². The van der Waals surface area contributed by atoms with E-state index in [1.165, 1.54) is 12.3 Å². The van der Waals surface area contributed by atoms with Crippen molar-refractivity contribution in [2.45, 2.75) is 13.3 Å². The summed E-state index contributed by atoms with van der Waals surface area (Å²) in [6.07, 6.45) is 1.83. The molecule has 2 aromatic heterocycles. The van der Waals surface area contributed by atoms with Crippen LogP contribution in [0.25, 0.3) is 0 Å². The highest BCUT2D eigenvalue weighted by molar-refractivity contribution is 6.32. The summed E-state index contributed by atoms with van der Waals surface area (Å²) in [5.74, 6) is 0.681.